The van der Waals surface area contributed by atoms with Crippen molar-refractivity contribution in [3.8, 4) is 5.75 Å². The van der Waals surface area contributed by atoms with Crippen molar-refractivity contribution in [2.24, 2.45) is 0 Å². The Morgan fingerprint density at radius 3 is 2.68 bits per heavy atom. The van der Waals surface area contributed by atoms with E-state index in [-0.39, 0.29) is 34.8 Å². The van der Waals surface area contributed by atoms with Crippen LogP contribution in [0.25, 0.3) is 0 Å². The van der Waals surface area contributed by atoms with Crippen molar-refractivity contribution in [1.82, 2.24) is 9.88 Å². The van der Waals surface area contributed by atoms with Gasteiger partial charge < -0.3 is 14.5 Å². The lowest BCUT2D eigenvalue weighted by atomic mass is 10.2. The third-order valence-electron chi connectivity index (χ3n) is 4.69. The summed E-state index contributed by atoms with van der Waals surface area (Å²) in [5.41, 5.74) is -1.07. The first-order chi connectivity index (χ1) is 14.6. The molecule has 1 aliphatic heterocycles. The summed E-state index contributed by atoms with van der Waals surface area (Å²) in [4.78, 5) is 29.9. The van der Waals surface area contributed by atoms with Gasteiger partial charge in [-0.2, -0.15) is 13.2 Å². The SMILES string of the molecule is O=C(COc1cccc([N+](=O)[O-])c1)N1CCCN(c2ncc(C(F)(F)F)cc2Cl)CC1. The minimum atomic E-state index is -4.53. The number of halogens is 4. The molecule has 1 aromatic carbocycles. The molecule has 3 rings (SSSR count). The molecule has 0 N–H and O–H groups in total. The molecule has 0 atom stereocenters. The van der Waals surface area contributed by atoms with Gasteiger partial charge in [0.25, 0.3) is 11.6 Å². The first-order valence-electron chi connectivity index (χ1n) is 9.28. The molecule has 0 unspecified atom stereocenters. The minimum absolute atomic E-state index is 0.108. The number of amides is 1. The number of alkyl halides is 3. The summed E-state index contributed by atoms with van der Waals surface area (Å²) in [6, 6.07) is 6.37. The van der Waals surface area contributed by atoms with Crippen LogP contribution >= 0.6 is 11.6 Å². The summed E-state index contributed by atoms with van der Waals surface area (Å²) >= 11 is 6.02. The third-order valence-corrected chi connectivity index (χ3v) is 4.97. The summed E-state index contributed by atoms with van der Waals surface area (Å²) in [6.07, 6.45) is -3.24. The van der Waals surface area contributed by atoms with Crippen LogP contribution < -0.4 is 9.64 Å². The molecule has 1 amide bonds. The number of aromatic nitrogens is 1. The number of hydrogen-bond donors (Lipinski definition) is 0. The Bertz CT molecular complexity index is 973. The van der Waals surface area contributed by atoms with E-state index < -0.39 is 16.7 Å². The number of carbonyl (C=O) groups excluding carboxylic acids is 1. The van der Waals surface area contributed by atoms with Gasteiger partial charge in [-0.1, -0.05) is 17.7 Å². The Balaban J connectivity index is 1.59. The molecule has 166 valence electrons. The van der Waals surface area contributed by atoms with Crippen molar-refractivity contribution in [1.29, 1.82) is 0 Å². The van der Waals surface area contributed by atoms with E-state index in [0.717, 1.165) is 12.3 Å². The topological polar surface area (TPSA) is 88.8 Å². The van der Waals surface area contributed by atoms with E-state index in [1.54, 1.807) is 9.80 Å². The predicted octanol–water partition coefficient (Wildman–Crippen LogP) is 3.78. The molecule has 0 saturated carbocycles. The largest absolute Gasteiger partial charge is 0.484 e. The van der Waals surface area contributed by atoms with E-state index in [2.05, 4.69) is 4.98 Å². The molecule has 0 bridgehead atoms. The van der Waals surface area contributed by atoms with Crippen molar-refractivity contribution in [3.63, 3.8) is 0 Å². The highest BCUT2D eigenvalue weighted by molar-refractivity contribution is 6.33. The number of carbonyl (C=O) groups is 1. The van der Waals surface area contributed by atoms with Gasteiger partial charge in [0, 0.05) is 38.4 Å². The highest BCUT2D eigenvalue weighted by Crippen LogP contribution is 2.33. The van der Waals surface area contributed by atoms with Gasteiger partial charge in [0.1, 0.15) is 11.6 Å². The van der Waals surface area contributed by atoms with Crippen molar-refractivity contribution in [2.45, 2.75) is 12.6 Å². The molecule has 1 aliphatic rings. The van der Waals surface area contributed by atoms with Gasteiger partial charge in [-0.05, 0) is 18.6 Å². The van der Waals surface area contributed by atoms with E-state index in [0.29, 0.717) is 32.6 Å². The smallest absolute Gasteiger partial charge is 0.417 e. The second-order valence-electron chi connectivity index (χ2n) is 6.79. The van der Waals surface area contributed by atoms with Crippen LogP contribution in [0.3, 0.4) is 0 Å². The maximum absolute atomic E-state index is 12.8. The van der Waals surface area contributed by atoms with Crippen LogP contribution in [-0.4, -0.2) is 53.5 Å². The van der Waals surface area contributed by atoms with E-state index >= 15 is 0 Å². The fourth-order valence-corrected chi connectivity index (χ4v) is 3.41. The van der Waals surface area contributed by atoms with Crippen molar-refractivity contribution in [2.75, 3.05) is 37.7 Å². The molecule has 12 heteroatoms. The number of rotatable bonds is 5. The van der Waals surface area contributed by atoms with Crippen LogP contribution in [0.15, 0.2) is 36.5 Å². The maximum atomic E-state index is 12.8. The van der Waals surface area contributed by atoms with Crippen molar-refractivity contribution in [3.05, 3.63) is 57.2 Å². The number of pyridine rings is 1. The zero-order valence-corrected chi connectivity index (χ0v) is 16.9. The highest BCUT2D eigenvalue weighted by atomic mass is 35.5. The quantitative estimate of drug-likeness (QED) is 0.500. The standard InChI is InChI=1S/C19H18ClF3N4O4/c20-16-9-13(19(21,22)23)11-24-18(16)26-6-2-5-25(7-8-26)17(28)12-31-15-4-1-3-14(10-15)27(29)30/h1,3-4,9-11H,2,5-8,12H2. The predicted molar refractivity (Wildman–Crippen MR) is 106 cm³/mol. The summed E-state index contributed by atoms with van der Waals surface area (Å²) in [7, 11) is 0. The van der Waals surface area contributed by atoms with Crippen LogP contribution in [0.1, 0.15) is 12.0 Å². The molecule has 0 aliphatic carbocycles. The number of nitro groups is 1. The second kappa shape index (κ2) is 9.38. The van der Waals surface area contributed by atoms with Crippen LogP contribution in [0.2, 0.25) is 5.02 Å². The molecule has 2 heterocycles. The Morgan fingerprint density at radius 1 is 1.23 bits per heavy atom. The van der Waals surface area contributed by atoms with Gasteiger partial charge in [-0.25, -0.2) is 4.98 Å². The second-order valence-corrected chi connectivity index (χ2v) is 7.20. The third kappa shape index (κ3) is 5.75. The fraction of sp³-hybridized carbons (Fsp3) is 0.368. The first kappa shape index (κ1) is 22.6. The maximum Gasteiger partial charge on any atom is 0.417 e. The van der Waals surface area contributed by atoms with E-state index in [1.807, 2.05) is 0 Å². The molecule has 8 nitrogen and oxygen atoms in total. The molecular weight excluding hydrogens is 441 g/mol. The zero-order valence-electron chi connectivity index (χ0n) is 16.1. The van der Waals surface area contributed by atoms with Gasteiger partial charge in [0.15, 0.2) is 6.61 Å². The molecule has 0 spiro atoms. The molecule has 31 heavy (non-hydrogen) atoms. The summed E-state index contributed by atoms with van der Waals surface area (Å²) in [5.74, 6) is 0.136. The van der Waals surface area contributed by atoms with E-state index in [4.69, 9.17) is 16.3 Å². The number of nitro benzene ring substituents is 1. The first-order valence-corrected chi connectivity index (χ1v) is 9.65. The van der Waals surface area contributed by atoms with Crippen LogP contribution in [0, 0.1) is 10.1 Å². The van der Waals surface area contributed by atoms with E-state index in [1.165, 1.54) is 24.3 Å². The Morgan fingerprint density at radius 2 is 2.00 bits per heavy atom. The molecule has 0 radical (unpaired) electrons. The lowest BCUT2D eigenvalue weighted by Crippen LogP contribution is -2.38. The van der Waals surface area contributed by atoms with Crippen LogP contribution in [0.4, 0.5) is 24.7 Å². The minimum Gasteiger partial charge on any atom is -0.484 e. The molecule has 2 aromatic rings. The van der Waals surface area contributed by atoms with Gasteiger partial charge in [-0.15, -0.1) is 0 Å². The Labute approximate surface area is 180 Å². The normalized spacial score (nSPS) is 14.8. The average molecular weight is 459 g/mol. The zero-order chi connectivity index (χ0) is 22.6. The molecule has 1 fully saturated rings. The number of hydrogen-bond acceptors (Lipinski definition) is 6. The van der Waals surface area contributed by atoms with E-state index in [9.17, 15) is 28.1 Å². The van der Waals surface area contributed by atoms with Crippen LogP contribution in [0.5, 0.6) is 5.75 Å². The Hall–Kier alpha value is -3.08. The van der Waals surface area contributed by atoms with Gasteiger partial charge >= 0.3 is 6.18 Å². The van der Waals surface area contributed by atoms with Gasteiger partial charge in [0.2, 0.25) is 0 Å². The monoisotopic (exact) mass is 458 g/mol. The molecule has 1 saturated heterocycles. The molecular formula is C19H18ClF3N4O4. The lowest BCUT2D eigenvalue weighted by molar-refractivity contribution is -0.384. The fourth-order valence-electron chi connectivity index (χ4n) is 3.12. The van der Waals surface area contributed by atoms with Crippen molar-refractivity contribution < 1.29 is 27.6 Å². The summed E-state index contributed by atoms with van der Waals surface area (Å²) in [5, 5.41) is 10.7. The number of benzene rings is 1. The number of anilines is 1. The molecule has 1 aromatic heterocycles. The van der Waals surface area contributed by atoms with Gasteiger partial charge in [-0.3, -0.25) is 14.9 Å². The average Bonchev–Trinajstić information content (AvgIpc) is 2.97. The van der Waals surface area contributed by atoms with Crippen LogP contribution in [-0.2, 0) is 11.0 Å². The summed E-state index contributed by atoms with van der Waals surface area (Å²) in [6.45, 7) is 1.23. The number of non-ortho nitro benzene ring substituents is 1. The number of ether oxygens (including phenoxy) is 1. The number of nitrogens with zero attached hydrogens (tertiary/aromatic N) is 4. The van der Waals surface area contributed by atoms with Crippen molar-refractivity contribution >= 4 is 29.0 Å². The lowest BCUT2D eigenvalue weighted by Gasteiger charge is -2.24. The Kier molecular flexibility index (Phi) is 6.84. The highest BCUT2D eigenvalue weighted by Gasteiger charge is 2.32. The van der Waals surface area contributed by atoms with Gasteiger partial charge in [0.05, 0.1) is 21.6 Å². The summed E-state index contributed by atoms with van der Waals surface area (Å²) < 4.78 is 43.8.